The molecule has 3 rings (SSSR count). The molecule has 0 radical (unpaired) electrons. The van der Waals surface area contributed by atoms with E-state index in [1.54, 1.807) is 0 Å². The highest BCUT2D eigenvalue weighted by atomic mass is 16.5. The smallest absolute Gasteiger partial charge is 0.411 e. The molecule has 2 atom stereocenters. The van der Waals surface area contributed by atoms with Crippen molar-refractivity contribution in [3.05, 3.63) is 54.6 Å². The number of likely N-dealkylation sites (tertiary alicyclic amines) is 1. The van der Waals surface area contributed by atoms with E-state index in [9.17, 15) is 9.59 Å². The highest BCUT2D eigenvalue weighted by Gasteiger charge is 2.37. The summed E-state index contributed by atoms with van der Waals surface area (Å²) >= 11 is 0. The quantitative estimate of drug-likeness (QED) is 0.568. The van der Waals surface area contributed by atoms with Crippen molar-refractivity contribution in [3.63, 3.8) is 0 Å². The number of nitrogens with one attached hydrogen (secondary N) is 1. The maximum atomic E-state index is 12.4. The predicted octanol–water partition coefficient (Wildman–Crippen LogP) is 3.93. The Kier molecular flexibility index (Phi) is 6.88. The van der Waals surface area contributed by atoms with E-state index >= 15 is 0 Å². The third kappa shape index (κ3) is 5.81. The van der Waals surface area contributed by atoms with Gasteiger partial charge in [-0.15, -0.1) is 0 Å². The summed E-state index contributed by atoms with van der Waals surface area (Å²) in [6.45, 7) is 4.60. The summed E-state index contributed by atoms with van der Waals surface area (Å²) in [4.78, 5) is 24.2. The van der Waals surface area contributed by atoms with Gasteiger partial charge in [0.2, 0.25) is 0 Å². The number of carbonyl (C=O) groups is 2. The van der Waals surface area contributed by atoms with Gasteiger partial charge in [0.25, 0.3) is 0 Å². The molecule has 6 heteroatoms. The van der Waals surface area contributed by atoms with E-state index in [1.807, 2.05) is 68.6 Å². The minimum atomic E-state index is -0.458. The summed E-state index contributed by atoms with van der Waals surface area (Å²) in [7, 11) is 2.05. The highest BCUT2D eigenvalue weighted by Crippen LogP contribution is 2.28. The molecule has 2 aromatic rings. The van der Waals surface area contributed by atoms with Crippen LogP contribution in [0.3, 0.4) is 0 Å². The van der Waals surface area contributed by atoms with Crippen LogP contribution in [-0.2, 0) is 14.3 Å². The first-order valence-corrected chi connectivity index (χ1v) is 10.1. The molecule has 0 spiro atoms. The van der Waals surface area contributed by atoms with Gasteiger partial charge in [-0.2, -0.15) is 0 Å². The Morgan fingerprint density at radius 3 is 2.55 bits per heavy atom. The van der Waals surface area contributed by atoms with Crippen molar-refractivity contribution in [1.82, 2.24) is 0 Å². The predicted molar refractivity (Wildman–Crippen MR) is 112 cm³/mol. The fourth-order valence-corrected chi connectivity index (χ4v) is 3.90. The molecular weight excluding hydrogens is 368 g/mol. The Bertz CT molecular complexity index is 840. The van der Waals surface area contributed by atoms with Crippen LogP contribution in [0.25, 0.3) is 11.1 Å². The lowest BCUT2D eigenvalue weighted by molar-refractivity contribution is -0.891. The van der Waals surface area contributed by atoms with Crippen LogP contribution in [-0.4, -0.2) is 56.4 Å². The van der Waals surface area contributed by atoms with Gasteiger partial charge in [-0.05, 0) is 18.6 Å². The number of anilines is 1. The third-order valence-electron chi connectivity index (χ3n) is 5.29. The van der Waals surface area contributed by atoms with Crippen molar-refractivity contribution in [3.8, 4) is 11.1 Å². The Labute approximate surface area is 172 Å². The molecule has 6 nitrogen and oxygen atoms in total. The molecule has 1 amide bonds. The number of rotatable bonds is 7. The minimum absolute atomic E-state index is 0.174. The number of hydrogen-bond acceptors (Lipinski definition) is 4. The molecule has 1 saturated heterocycles. The number of hydrogen-bond donors (Lipinski definition) is 1. The molecule has 154 valence electrons. The van der Waals surface area contributed by atoms with Gasteiger partial charge in [0.15, 0.2) is 6.54 Å². The van der Waals surface area contributed by atoms with Gasteiger partial charge in [0.05, 0.1) is 32.4 Å². The van der Waals surface area contributed by atoms with Gasteiger partial charge in [-0.3, -0.25) is 5.32 Å². The van der Waals surface area contributed by atoms with E-state index in [2.05, 4.69) is 5.32 Å². The Hall–Kier alpha value is -2.86. The number of benzene rings is 2. The van der Waals surface area contributed by atoms with Crippen LogP contribution in [0.1, 0.15) is 13.3 Å². The zero-order valence-corrected chi connectivity index (χ0v) is 17.1. The van der Waals surface area contributed by atoms with Crippen molar-refractivity contribution in [2.45, 2.75) is 13.3 Å². The minimum Gasteiger partial charge on any atom is -0.462 e. The number of esters is 1. The molecule has 1 aliphatic heterocycles. The average molecular weight is 397 g/mol. The number of nitrogens with zero attached hydrogens (tertiary/aromatic N) is 1. The standard InChI is InChI=1S/C23H28N2O4/c1-3-28-22(26)16-25(2)14-13-18(15-25)17-29-23(27)24-21-12-8-7-11-20(21)19-9-5-4-6-10-19/h4-12,18H,3,13-17H2,1-2H3/p+1/t18-,25?/m1/s1. The summed E-state index contributed by atoms with van der Waals surface area (Å²) in [5, 5.41) is 2.86. The van der Waals surface area contributed by atoms with Crippen LogP contribution in [0.15, 0.2) is 54.6 Å². The SMILES string of the molecule is CCOC(=O)C[N+]1(C)CC[C@@H](COC(=O)Nc2ccccc2-c2ccccc2)C1. The van der Waals surface area contributed by atoms with E-state index < -0.39 is 6.09 Å². The Morgan fingerprint density at radius 2 is 1.79 bits per heavy atom. The number of amides is 1. The van der Waals surface area contributed by atoms with Crippen molar-refractivity contribution in [2.75, 3.05) is 45.2 Å². The lowest BCUT2D eigenvalue weighted by Gasteiger charge is -2.28. The van der Waals surface area contributed by atoms with Crippen LogP contribution in [0.4, 0.5) is 10.5 Å². The molecule has 1 heterocycles. The van der Waals surface area contributed by atoms with Crippen LogP contribution < -0.4 is 5.32 Å². The highest BCUT2D eigenvalue weighted by molar-refractivity contribution is 5.91. The number of likely N-dealkylation sites (N-methyl/N-ethyl adjacent to an activating group) is 1. The van der Waals surface area contributed by atoms with Crippen LogP contribution in [0.5, 0.6) is 0 Å². The molecule has 29 heavy (non-hydrogen) atoms. The molecule has 1 fully saturated rings. The normalized spacial score (nSPS) is 20.8. The summed E-state index contributed by atoms with van der Waals surface area (Å²) < 4.78 is 11.2. The Balaban J connectivity index is 1.52. The first-order valence-electron chi connectivity index (χ1n) is 10.1. The van der Waals surface area contributed by atoms with Crippen LogP contribution in [0, 0.1) is 5.92 Å². The zero-order chi connectivity index (χ0) is 20.7. The molecule has 1 N–H and O–H groups in total. The maximum absolute atomic E-state index is 12.4. The first-order chi connectivity index (χ1) is 14.0. The van der Waals surface area contributed by atoms with Gasteiger partial charge >= 0.3 is 12.1 Å². The molecule has 0 aromatic heterocycles. The van der Waals surface area contributed by atoms with Gasteiger partial charge in [-0.1, -0.05) is 48.5 Å². The Morgan fingerprint density at radius 1 is 1.07 bits per heavy atom. The van der Waals surface area contributed by atoms with Gasteiger partial charge < -0.3 is 14.0 Å². The molecule has 2 aromatic carbocycles. The fraction of sp³-hybridized carbons (Fsp3) is 0.391. The van der Waals surface area contributed by atoms with Crippen molar-refractivity contribution >= 4 is 17.7 Å². The van der Waals surface area contributed by atoms with E-state index in [4.69, 9.17) is 9.47 Å². The summed E-state index contributed by atoms with van der Waals surface area (Å²) in [5.41, 5.74) is 2.70. The topological polar surface area (TPSA) is 64.6 Å². The largest absolute Gasteiger partial charge is 0.462 e. The molecule has 1 aliphatic rings. The molecule has 0 saturated carbocycles. The zero-order valence-electron chi connectivity index (χ0n) is 17.1. The van der Waals surface area contributed by atoms with Crippen LogP contribution >= 0.6 is 0 Å². The molecule has 0 aliphatic carbocycles. The van der Waals surface area contributed by atoms with Gasteiger partial charge in [0.1, 0.15) is 6.61 Å². The molecule has 0 bridgehead atoms. The van der Waals surface area contributed by atoms with Crippen LogP contribution in [0.2, 0.25) is 0 Å². The van der Waals surface area contributed by atoms with E-state index in [0.717, 1.165) is 36.3 Å². The second kappa shape index (κ2) is 9.56. The van der Waals surface area contributed by atoms with Crippen molar-refractivity contribution in [2.24, 2.45) is 5.92 Å². The second-order valence-electron chi connectivity index (χ2n) is 7.78. The monoisotopic (exact) mass is 397 g/mol. The average Bonchev–Trinajstić information content (AvgIpc) is 3.08. The fourth-order valence-electron chi connectivity index (χ4n) is 3.90. The molecular formula is C23H29N2O4+. The van der Waals surface area contributed by atoms with Gasteiger partial charge in [0, 0.05) is 17.9 Å². The van der Waals surface area contributed by atoms with E-state index in [-0.39, 0.29) is 11.9 Å². The van der Waals surface area contributed by atoms with E-state index in [0.29, 0.717) is 24.2 Å². The summed E-state index contributed by atoms with van der Waals surface area (Å²) in [6, 6.07) is 17.6. The molecule has 1 unspecified atom stereocenters. The van der Waals surface area contributed by atoms with Crippen molar-refractivity contribution < 1.29 is 23.5 Å². The number of para-hydroxylation sites is 1. The lowest BCUT2D eigenvalue weighted by atomic mass is 10.0. The number of ether oxygens (including phenoxy) is 2. The summed E-state index contributed by atoms with van der Waals surface area (Å²) in [5.74, 6) is 0.0661. The second-order valence-corrected chi connectivity index (χ2v) is 7.78. The number of quaternary nitrogens is 1. The van der Waals surface area contributed by atoms with E-state index in [1.165, 1.54) is 0 Å². The maximum Gasteiger partial charge on any atom is 0.411 e. The first kappa shape index (κ1) is 20.9. The lowest BCUT2D eigenvalue weighted by Crippen LogP contribution is -2.46. The third-order valence-corrected chi connectivity index (χ3v) is 5.29. The summed E-state index contributed by atoms with van der Waals surface area (Å²) in [6.07, 6.45) is 0.462. The van der Waals surface area contributed by atoms with Gasteiger partial charge in [-0.25, -0.2) is 9.59 Å². The van der Waals surface area contributed by atoms with Crippen molar-refractivity contribution in [1.29, 1.82) is 0 Å². The number of carbonyl (C=O) groups excluding carboxylic acids is 2.